The second-order valence-electron chi connectivity index (χ2n) is 8.47. The quantitative estimate of drug-likeness (QED) is 0.772. The number of carboxylic acid groups (broad SMARTS) is 1. The third kappa shape index (κ3) is 3.30. The zero-order valence-corrected chi connectivity index (χ0v) is 16.3. The Balaban J connectivity index is 1.64. The van der Waals surface area contributed by atoms with Crippen LogP contribution in [-0.4, -0.2) is 36.4 Å². The van der Waals surface area contributed by atoms with Crippen LogP contribution in [0.4, 0.5) is 8.78 Å². The molecular weight excluding hydrogens is 402 g/mol. The van der Waals surface area contributed by atoms with Crippen LogP contribution >= 0.6 is 0 Å². The number of carbonyl (C=O) groups is 1. The standard InChI is InChI=1S/C20H20F2N2O4S/c21-20(22)7-14(8-20)24-29(27,28)18-15-5-12(19(25)26)3-11(15)4-13-9-23-17(6-16(13)18)10-1-2-10/h4,6,9-10,12,14,24H,1-3,5,7-8H2,(H,25,26). The maximum Gasteiger partial charge on any atom is 0.307 e. The minimum atomic E-state index is -4.10. The number of hydrogen-bond donors (Lipinski definition) is 2. The third-order valence-corrected chi connectivity index (χ3v) is 7.78. The van der Waals surface area contributed by atoms with E-state index in [1.54, 1.807) is 12.3 Å². The van der Waals surface area contributed by atoms with Crippen molar-refractivity contribution in [3.63, 3.8) is 0 Å². The molecule has 2 fully saturated rings. The molecule has 0 radical (unpaired) electrons. The van der Waals surface area contributed by atoms with Gasteiger partial charge in [-0.25, -0.2) is 21.9 Å². The number of benzene rings is 1. The molecule has 154 valence electrons. The number of aromatic nitrogens is 1. The number of pyridine rings is 1. The third-order valence-electron chi connectivity index (χ3n) is 6.13. The monoisotopic (exact) mass is 422 g/mol. The first-order chi connectivity index (χ1) is 13.6. The van der Waals surface area contributed by atoms with E-state index in [0.29, 0.717) is 27.8 Å². The molecule has 2 saturated carbocycles. The minimum Gasteiger partial charge on any atom is -0.481 e. The van der Waals surface area contributed by atoms with Gasteiger partial charge >= 0.3 is 5.97 Å². The molecule has 1 atom stereocenters. The van der Waals surface area contributed by atoms with Gasteiger partial charge in [0.25, 0.3) is 5.92 Å². The molecule has 1 heterocycles. The molecule has 2 N–H and O–H groups in total. The normalized spacial score (nSPS) is 23.7. The Labute approximate surface area is 166 Å². The molecule has 29 heavy (non-hydrogen) atoms. The Morgan fingerprint density at radius 3 is 2.55 bits per heavy atom. The number of fused-ring (bicyclic) bond motifs is 2. The lowest BCUT2D eigenvalue weighted by Crippen LogP contribution is -2.50. The molecule has 0 spiro atoms. The van der Waals surface area contributed by atoms with Gasteiger partial charge in [0, 0.05) is 47.5 Å². The Morgan fingerprint density at radius 1 is 1.21 bits per heavy atom. The van der Waals surface area contributed by atoms with Crippen LogP contribution in [0.5, 0.6) is 0 Å². The van der Waals surface area contributed by atoms with Gasteiger partial charge in [-0.15, -0.1) is 0 Å². The van der Waals surface area contributed by atoms with Crippen LogP contribution < -0.4 is 4.72 Å². The van der Waals surface area contributed by atoms with Gasteiger partial charge in [-0.05, 0) is 48.9 Å². The summed E-state index contributed by atoms with van der Waals surface area (Å²) in [5.74, 6) is -4.20. The van der Waals surface area contributed by atoms with E-state index < -0.39 is 46.7 Å². The van der Waals surface area contributed by atoms with Gasteiger partial charge in [-0.2, -0.15) is 0 Å². The van der Waals surface area contributed by atoms with Gasteiger partial charge in [0.15, 0.2) is 0 Å². The summed E-state index contributed by atoms with van der Waals surface area (Å²) in [6.07, 6.45) is 2.95. The number of aliphatic carboxylic acids is 1. The van der Waals surface area contributed by atoms with Crippen LogP contribution in [0.1, 0.15) is 48.4 Å². The molecular formula is C20H20F2N2O4S. The lowest BCUT2D eigenvalue weighted by atomic mass is 9.89. The average molecular weight is 422 g/mol. The fourth-order valence-corrected chi connectivity index (χ4v) is 6.20. The first-order valence-electron chi connectivity index (χ1n) is 9.70. The second kappa shape index (κ2) is 6.18. The van der Waals surface area contributed by atoms with Crippen molar-refractivity contribution in [2.45, 2.75) is 61.3 Å². The van der Waals surface area contributed by atoms with E-state index >= 15 is 0 Å². The summed E-state index contributed by atoms with van der Waals surface area (Å²) >= 11 is 0. The molecule has 9 heteroatoms. The van der Waals surface area contributed by atoms with Crippen molar-refractivity contribution >= 4 is 26.8 Å². The van der Waals surface area contributed by atoms with Crippen molar-refractivity contribution in [3.8, 4) is 0 Å². The van der Waals surface area contributed by atoms with Gasteiger partial charge < -0.3 is 5.11 Å². The van der Waals surface area contributed by atoms with Crippen LogP contribution in [0.2, 0.25) is 0 Å². The molecule has 3 aliphatic rings. The number of nitrogens with zero attached hydrogens (tertiary/aromatic N) is 1. The van der Waals surface area contributed by atoms with Crippen molar-refractivity contribution < 1.29 is 27.1 Å². The van der Waals surface area contributed by atoms with E-state index in [-0.39, 0.29) is 17.7 Å². The van der Waals surface area contributed by atoms with E-state index in [1.165, 1.54) is 0 Å². The number of hydrogen-bond acceptors (Lipinski definition) is 4. The predicted octanol–water partition coefficient (Wildman–Crippen LogP) is 2.99. The molecule has 0 aliphatic heterocycles. The van der Waals surface area contributed by atoms with Crippen LogP contribution in [0.3, 0.4) is 0 Å². The summed E-state index contributed by atoms with van der Waals surface area (Å²) in [4.78, 5) is 16.0. The van der Waals surface area contributed by atoms with Gasteiger partial charge in [-0.1, -0.05) is 0 Å². The fourth-order valence-electron chi connectivity index (χ4n) is 4.47. The summed E-state index contributed by atoms with van der Waals surface area (Å²) in [5.41, 5.74) is 1.97. The lowest BCUT2D eigenvalue weighted by molar-refractivity contribution is -0.141. The molecule has 6 nitrogen and oxygen atoms in total. The fraction of sp³-hybridized carbons (Fsp3) is 0.500. The van der Waals surface area contributed by atoms with E-state index in [9.17, 15) is 27.1 Å². The Kier molecular flexibility index (Phi) is 4.02. The van der Waals surface area contributed by atoms with Crippen LogP contribution in [0, 0.1) is 5.92 Å². The van der Waals surface area contributed by atoms with Gasteiger partial charge in [0.2, 0.25) is 10.0 Å². The maximum absolute atomic E-state index is 13.3. The first kappa shape index (κ1) is 18.9. The van der Waals surface area contributed by atoms with Crippen molar-refractivity contribution in [2.75, 3.05) is 0 Å². The zero-order chi connectivity index (χ0) is 20.6. The highest BCUT2D eigenvalue weighted by atomic mass is 32.2. The van der Waals surface area contributed by atoms with Crippen LogP contribution in [-0.2, 0) is 27.7 Å². The predicted molar refractivity (Wildman–Crippen MR) is 101 cm³/mol. The van der Waals surface area contributed by atoms with Crippen molar-refractivity contribution in [1.82, 2.24) is 9.71 Å². The summed E-state index contributed by atoms with van der Waals surface area (Å²) in [7, 11) is -4.10. The second-order valence-corrected chi connectivity index (χ2v) is 10.1. The Bertz CT molecular complexity index is 1140. The largest absolute Gasteiger partial charge is 0.481 e. The van der Waals surface area contributed by atoms with Gasteiger partial charge in [-0.3, -0.25) is 9.78 Å². The smallest absolute Gasteiger partial charge is 0.307 e. The first-order valence-corrected chi connectivity index (χ1v) is 11.2. The molecule has 3 aliphatic carbocycles. The summed E-state index contributed by atoms with van der Waals surface area (Å²) in [6, 6.07) is 2.77. The van der Waals surface area contributed by atoms with Crippen LogP contribution in [0.25, 0.3) is 10.8 Å². The summed E-state index contributed by atoms with van der Waals surface area (Å²) in [5, 5.41) is 10.5. The number of sulfonamides is 1. The molecule has 5 rings (SSSR count). The summed E-state index contributed by atoms with van der Waals surface area (Å²) in [6.45, 7) is 0. The molecule has 1 aromatic heterocycles. The topological polar surface area (TPSA) is 96.4 Å². The zero-order valence-electron chi connectivity index (χ0n) is 15.5. The number of alkyl halides is 2. The number of nitrogens with one attached hydrogen (secondary N) is 1. The SMILES string of the molecule is O=C(O)C1Cc2cc3cnc(C4CC4)cc3c(S(=O)(=O)NC3CC(F)(F)C3)c2C1. The number of carboxylic acids is 1. The van der Waals surface area contributed by atoms with Crippen molar-refractivity contribution in [1.29, 1.82) is 0 Å². The lowest BCUT2D eigenvalue weighted by Gasteiger charge is -2.35. The van der Waals surface area contributed by atoms with Crippen molar-refractivity contribution in [3.05, 3.63) is 35.2 Å². The van der Waals surface area contributed by atoms with Crippen LogP contribution in [0.15, 0.2) is 23.2 Å². The van der Waals surface area contributed by atoms with Gasteiger partial charge in [0.05, 0.1) is 10.8 Å². The molecule has 1 unspecified atom stereocenters. The maximum atomic E-state index is 13.3. The Morgan fingerprint density at radius 2 is 1.93 bits per heavy atom. The highest BCUT2D eigenvalue weighted by Gasteiger charge is 2.47. The molecule has 0 bridgehead atoms. The molecule has 0 amide bonds. The average Bonchev–Trinajstić information content (AvgIpc) is 3.36. The molecule has 0 saturated heterocycles. The van der Waals surface area contributed by atoms with E-state index in [1.807, 2.05) is 6.07 Å². The van der Waals surface area contributed by atoms with E-state index in [2.05, 4.69) is 9.71 Å². The number of halogens is 2. The summed E-state index contributed by atoms with van der Waals surface area (Å²) < 4.78 is 55.4. The van der Waals surface area contributed by atoms with Gasteiger partial charge in [0.1, 0.15) is 0 Å². The van der Waals surface area contributed by atoms with E-state index in [0.717, 1.165) is 18.5 Å². The molecule has 1 aromatic carbocycles. The molecule has 2 aromatic rings. The number of rotatable bonds is 5. The van der Waals surface area contributed by atoms with Crippen molar-refractivity contribution in [2.24, 2.45) is 5.92 Å². The Hall–Kier alpha value is -2.13. The highest BCUT2D eigenvalue weighted by molar-refractivity contribution is 7.89. The van der Waals surface area contributed by atoms with E-state index in [4.69, 9.17) is 0 Å². The highest BCUT2D eigenvalue weighted by Crippen LogP contribution is 2.43. The minimum absolute atomic E-state index is 0.0354.